The second-order valence-corrected chi connectivity index (χ2v) is 7.16. The van der Waals surface area contributed by atoms with Crippen molar-refractivity contribution >= 4 is 10.0 Å². The van der Waals surface area contributed by atoms with Crippen molar-refractivity contribution in [2.45, 2.75) is 31.7 Å². The van der Waals surface area contributed by atoms with Crippen molar-refractivity contribution in [1.29, 1.82) is 0 Å². The van der Waals surface area contributed by atoms with E-state index in [1.54, 1.807) is 13.8 Å². The van der Waals surface area contributed by atoms with E-state index in [4.69, 9.17) is 5.73 Å². The summed E-state index contributed by atoms with van der Waals surface area (Å²) in [4.78, 5) is 2.54. The lowest BCUT2D eigenvalue weighted by atomic mass is 10.2. The van der Waals surface area contributed by atoms with Crippen LogP contribution < -0.4 is 5.73 Å². The Bertz CT molecular complexity index is 541. The van der Waals surface area contributed by atoms with Gasteiger partial charge in [0.05, 0.1) is 11.4 Å². The monoisotopic (exact) mass is 301 g/mol. The number of hydrogen-bond acceptors (Lipinski definition) is 5. The van der Waals surface area contributed by atoms with Gasteiger partial charge in [-0.1, -0.05) is 0 Å². The number of H-pyrrole nitrogens is 1. The molecule has 8 heteroatoms. The molecule has 1 fully saturated rings. The standard InChI is InChI=1S/C12H23N5O2S/c1-9(8-13)16-4-6-17(7-5-16)20(18,19)12-10(2)14-15-11(12)3/h9H,4-8,13H2,1-3H3,(H,14,15). The molecule has 2 heterocycles. The second-order valence-electron chi connectivity index (χ2n) is 5.29. The third kappa shape index (κ3) is 2.73. The highest BCUT2D eigenvalue weighted by molar-refractivity contribution is 7.89. The molecular formula is C12H23N5O2S. The van der Waals surface area contributed by atoms with Crippen molar-refractivity contribution in [1.82, 2.24) is 19.4 Å². The number of hydrogen-bond donors (Lipinski definition) is 2. The van der Waals surface area contributed by atoms with Crippen LogP contribution in [0.5, 0.6) is 0 Å². The van der Waals surface area contributed by atoms with Gasteiger partial charge < -0.3 is 5.73 Å². The van der Waals surface area contributed by atoms with E-state index >= 15 is 0 Å². The van der Waals surface area contributed by atoms with Gasteiger partial charge in [0.1, 0.15) is 4.90 Å². The Balaban J connectivity index is 2.14. The van der Waals surface area contributed by atoms with Crippen LogP contribution in [0.3, 0.4) is 0 Å². The van der Waals surface area contributed by atoms with E-state index in [0.717, 1.165) is 0 Å². The maximum Gasteiger partial charge on any atom is 0.246 e. The summed E-state index contributed by atoms with van der Waals surface area (Å²) in [7, 11) is -3.45. The molecular weight excluding hydrogens is 278 g/mol. The van der Waals surface area contributed by atoms with Gasteiger partial charge in [0.25, 0.3) is 0 Å². The van der Waals surface area contributed by atoms with E-state index in [1.165, 1.54) is 4.31 Å². The summed E-state index contributed by atoms with van der Waals surface area (Å²) in [5.74, 6) is 0. The van der Waals surface area contributed by atoms with Crippen LogP contribution in [0.2, 0.25) is 0 Å². The first-order valence-electron chi connectivity index (χ1n) is 6.83. The number of aryl methyl sites for hydroxylation is 2. The fourth-order valence-corrected chi connectivity index (χ4v) is 4.34. The molecule has 1 aliphatic heterocycles. The fourth-order valence-electron chi connectivity index (χ4n) is 2.58. The van der Waals surface area contributed by atoms with Gasteiger partial charge in [-0.15, -0.1) is 0 Å². The summed E-state index contributed by atoms with van der Waals surface area (Å²) in [6.07, 6.45) is 0. The van der Waals surface area contributed by atoms with Crippen molar-refractivity contribution in [2.75, 3.05) is 32.7 Å². The lowest BCUT2D eigenvalue weighted by molar-refractivity contribution is 0.149. The molecule has 1 aromatic heterocycles. The second kappa shape index (κ2) is 5.80. The first kappa shape index (κ1) is 15.4. The van der Waals surface area contributed by atoms with Crippen LogP contribution in [-0.2, 0) is 10.0 Å². The zero-order valence-corrected chi connectivity index (χ0v) is 13.1. The van der Waals surface area contributed by atoms with E-state index in [0.29, 0.717) is 49.0 Å². The molecule has 0 bridgehead atoms. The summed E-state index contributed by atoms with van der Waals surface area (Å²) in [6, 6.07) is 0.289. The van der Waals surface area contributed by atoms with E-state index in [-0.39, 0.29) is 6.04 Å². The Kier molecular flexibility index (Phi) is 4.48. The van der Waals surface area contributed by atoms with Crippen LogP contribution >= 0.6 is 0 Å². The average Bonchev–Trinajstić information content (AvgIpc) is 2.78. The number of aromatic nitrogens is 2. The van der Waals surface area contributed by atoms with Gasteiger partial charge >= 0.3 is 0 Å². The quantitative estimate of drug-likeness (QED) is 0.795. The molecule has 0 aromatic carbocycles. The minimum atomic E-state index is -3.45. The summed E-state index contributed by atoms with van der Waals surface area (Å²) >= 11 is 0. The maximum absolute atomic E-state index is 12.7. The number of piperazine rings is 1. The van der Waals surface area contributed by atoms with Crippen molar-refractivity contribution < 1.29 is 8.42 Å². The van der Waals surface area contributed by atoms with Gasteiger partial charge in [0.15, 0.2) is 0 Å². The van der Waals surface area contributed by atoms with Gasteiger partial charge in [-0.2, -0.15) is 9.40 Å². The Hall–Kier alpha value is -0.960. The van der Waals surface area contributed by atoms with Gasteiger partial charge in [-0.25, -0.2) is 8.42 Å². The van der Waals surface area contributed by atoms with Gasteiger partial charge in [-0.3, -0.25) is 10.00 Å². The Morgan fingerprint density at radius 2 is 1.90 bits per heavy atom. The molecule has 0 aliphatic carbocycles. The van der Waals surface area contributed by atoms with Crippen LogP contribution in [0, 0.1) is 13.8 Å². The highest BCUT2D eigenvalue weighted by atomic mass is 32.2. The smallest absolute Gasteiger partial charge is 0.246 e. The normalized spacial score (nSPS) is 20.2. The molecule has 1 unspecified atom stereocenters. The highest BCUT2D eigenvalue weighted by Crippen LogP contribution is 2.22. The summed E-state index contributed by atoms with van der Waals surface area (Å²) < 4.78 is 26.9. The molecule has 7 nitrogen and oxygen atoms in total. The van der Waals surface area contributed by atoms with Gasteiger partial charge in [0, 0.05) is 38.8 Å². The molecule has 1 saturated heterocycles. The van der Waals surface area contributed by atoms with E-state index in [9.17, 15) is 8.42 Å². The maximum atomic E-state index is 12.7. The first-order valence-corrected chi connectivity index (χ1v) is 8.27. The zero-order chi connectivity index (χ0) is 14.9. The predicted octanol–water partition coefficient (Wildman–Crippen LogP) is -0.320. The summed E-state index contributed by atoms with van der Waals surface area (Å²) in [6.45, 7) is 8.53. The number of rotatable bonds is 4. The molecule has 20 heavy (non-hydrogen) atoms. The van der Waals surface area contributed by atoms with Crippen LogP contribution in [0.25, 0.3) is 0 Å². The molecule has 0 spiro atoms. The van der Waals surface area contributed by atoms with Crippen molar-refractivity contribution in [3.05, 3.63) is 11.4 Å². The number of nitrogens with zero attached hydrogens (tertiary/aromatic N) is 3. The molecule has 2 rings (SSSR count). The van der Waals surface area contributed by atoms with E-state index < -0.39 is 10.0 Å². The van der Waals surface area contributed by atoms with E-state index in [1.807, 2.05) is 0 Å². The van der Waals surface area contributed by atoms with Crippen LogP contribution in [0.1, 0.15) is 18.3 Å². The molecule has 1 aliphatic rings. The third-order valence-corrected chi connectivity index (χ3v) is 6.06. The molecule has 0 saturated carbocycles. The lowest BCUT2D eigenvalue weighted by Gasteiger charge is -2.37. The molecule has 114 valence electrons. The summed E-state index contributed by atoms with van der Waals surface area (Å²) in [5.41, 5.74) is 6.78. The molecule has 1 atom stereocenters. The topological polar surface area (TPSA) is 95.3 Å². The predicted molar refractivity (Wildman–Crippen MR) is 76.9 cm³/mol. The number of nitrogens with one attached hydrogen (secondary N) is 1. The minimum absolute atomic E-state index is 0.289. The van der Waals surface area contributed by atoms with Crippen LogP contribution in [0.4, 0.5) is 0 Å². The van der Waals surface area contributed by atoms with Crippen molar-refractivity contribution in [3.63, 3.8) is 0 Å². The average molecular weight is 301 g/mol. The van der Waals surface area contributed by atoms with Gasteiger partial charge in [-0.05, 0) is 20.8 Å². The van der Waals surface area contributed by atoms with Crippen molar-refractivity contribution in [3.8, 4) is 0 Å². The number of sulfonamides is 1. The van der Waals surface area contributed by atoms with Gasteiger partial charge in [0.2, 0.25) is 10.0 Å². The Labute approximate surface area is 120 Å². The minimum Gasteiger partial charge on any atom is -0.329 e. The highest BCUT2D eigenvalue weighted by Gasteiger charge is 2.32. The molecule has 0 amide bonds. The zero-order valence-electron chi connectivity index (χ0n) is 12.3. The van der Waals surface area contributed by atoms with Crippen LogP contribution in [0.15, 0.2) is 4.90 Å². The van der Waals surface area contributed by atoms with Crippen molar-refractivity contribution in [2.24, 2.45) is 5.73 Å². The molecule has 1 aromatic rings. The SMILES string of the molecule is Cc1n[nH]c(C)c1S(=O)(=O)N1CCN(C(C)CN)CC1. The third-order valence-electron chi connectivity index (χ3n) is 3.90. The molecule has 3 N–H and O–H groups in total. The molecule has 0 radical (unpaired) electrons. The summed E-state index contributed by atoms with van der Waals surface area (Å²) in [5, 5.41) is 6.71. The number of aromatic amines is 1. The fraction of sp³-hybridized carbons (Fsp3) is 0.750. The number of nitrogens with two attached hydrogens (primary N) is 1. The largest absolute Gasteiger partial charge is 0.329 e. The lowest BCUT2D eigenvalue weighted by Crippen LogP contribution is -2.52. The van der Waals surface area contributed by atoms with E-state index in [2.05, 4.69) is 22.0 Å². The van der Waals surface area contributed by atoms with Crippen LogP contribution in [-0.4, -0.2) is 66.6 Å². The first-order chi connectivity index (χ1) is 9.37. The Morgan fingerprint density at radius 1 is 1.30 bits per heavy atom. The Morgan fingerprint density at radius 3 is 2.35 bits per heavy atom.